The van der Waals surface area contributed by atoms with Crippen molar-refractivity contribution in [3.05, 3.63) is 28.0 Å². The van der Waals surface area contributed by atoms with Gasteiger partial charge in [-0.1, -0.05) is 26.0 Å². The molecule has 1 rings (SSSR count). The molecule has 1 aromatic rings. The molecule has 0 unspecified atom stereocenters. The van der Waals surface area contributed by atoms with Crippen LogP contribution in [0.3, 0.4) is 0 Å². The van der Waals surface area contributed by atoms with Gasteiger partial charge in [0.2, 0.25) is 0 Å². The van der Waals surface area contributed by atoms with E-state index in [4.69, 9.17) is 0 Å². The van der Waals surface area contributed by atoms with Crippen LogP contribution in [0.15, 0.2) is 17.5 Å². The fourth-order valence-corrected chi connectivity index (χ4v) is 1.90. The molecular weight excluding hydrogens is 190 g/mol. The lowest BCUT2D eigenvalue weighted by Gasteiger charge is -2.04. The maximum Gasteiger partial charge on any atom is 0.00203 e. The molecule has 0 bridgehead atoms. The van der Waals surface area contributed by atoms with Crippen molar-refractivity contribution in [3.8, 4) is 0 Å². The Kier molecular flexibility index (Phi) is 4.91. The topological polar surface area (TPSA) is 12.0 Å². The Labute approximate surface area is 90.9 Å². The van der Waals surface area contributed by atoms with E-state index in [9.17, 15) is 0 Å². The summed E-state index contributed by atoms with van der Waals surface area (Å²) in [4.78, 5) is 1.38. The smallest absolute Gasteiger partial charge is 0.00203 e. The average Bonchev–Trinajstić information content (AvgIpc) is 2.50. The Balaban J connectivity index is 2.21. The van der Waals surface area contributed by atoms with Gasteiger partial charge in [0.15, 0.2) is 0 Å². The van der Waals surface area contributed by atoms with E-state index in [0.29, 0.717) is 6.04 Å². The zero-order valence-electron chi connectivity index (χ0n) is 9.21. The van der Waals surface area contributed by atoms with Crippen molar-refractivity contribution < 1.29 is 0 Å². The maximum atomic E-state index is 3.39. The molecule has 0 aliphatic rings. The van der Waals surface area contributed by atoms with Crippen LogP contribution in [0.4, 0.5) is 0 Å². The molecule has 0 aliphatic carbocycles. The predicted molar refractivity (Wildman–Crippen MR) is 65.8 cm³/mol. The molecule has 1 nitrogen and oxygen atoms in total. The maximum absolute atomic E-state index is 3.39. The molecule has 0 saturated carbocycles. The van der Waals surface area contributed by atoms with Gasteiger partial charge in [-0.25, -0.2) is 0 Å². The monoisotopic (exact) mass is 209 g/mol. The van der Waals surface area contributed by atoms with Gasteiger partial charge in [0, 0.05) is 10.9 Å². The largest absolute Gasteiger partial charge is 0.314 e. The number of rotatable bonds is 5. The molecule has 0 spiro atoms. The molecule has 0 aromatic carbocycles. The highest BCUT2D eigenvalue weighted by Gasteiger charge is 1.91. The summed E-state index contributed by atoms with van der Waals surface area (Å²) < 4.78 is 0. The SMILES string of the molecule is Cc1cc(C=CCCNC(C)C)cs1. The highest BCUT2D eigenvalue weighted by molar-refractivity contribution is 7.10. The fourth-order valence-electron chi connectivity index (χ4n) is 1.23. The van der Waals surface area contributed by atoms with E-state index in [0.717, 1.165) is 13.0 Å². The van der Waals surface area contributed by atoms with Gasteiger partial charge in [0.1, 0.15) is 0 Å². The first-order valence-electron chi connectivity index (χ1n) is 5.13. The summed E-state index contributed by atoms with van der Waals surface area (Å²) in [6.07, 6.45) is 5.54. The molecule has 0 radical (unpaired) electrons. The van der Waals surface area contributed by atoms with Gasteiger partial charge >= 0.3 is 0 Å². The number of hydrogen-bond donors (Lipinski definition) is 1. The minimum Gasteiger partial charge on any atom is -0.314 e. The third-order valence-electron chi connectivity index (χ3n) is 1.92. The summed E-state index contributed by atoms with van der Waals surface area (Å²) in [6.45, 7) is 7.55. The quantitative estimate of drug-likeness (QED) is 0.732. The highest BCUT2D eigenvalue weighted by Crippen LogP contribution is 2.14. The Morgan fingerprint density at radius 3 is 2.86 bits per heavy atom. The predicted octanol–water partition coefficient (Wildman–Crippen LogP) is 3.46. The number of aryl methyl sites for hydroxylation is 1. The molecular formula is C12H19NS. The first kappa shape index (κ1) is 11.5. The van der Waals surface area contributed by atoms with Crippen LogP contribution in [-0.4, -0.2) is 12.6 Å². The van der Waals surface area contributed by atoms with Crippen molar-refractivity contribution in [1.29, 1.82) is 0 Å². The molecule has 1 N–H and O–H groups in total. The lowest BCUT2D eigenvalue weighted by Crippen LogP contribution is -2.23. The summed E-state index contributed by atoms with van der Waals surface area (Å²) in [5.41, 5.74) is 1.33. The number of nitrogens with one attached hydrogen (secondary N) is 1. The van der Waals surface area contributed by atoms with Crippen LogP contribution in [0.2, 0.25) is 0 Å². The fraction of sp³-hybridized carbons (Fsp3) is 0.500. The molecule has 0 amide bonds. The number of hydrogen-bond acceptors (Lipinski definition) is 2. The van der Waals surface area contributed by atoms with Crippen molar-refractivity contribution >= 4 is 17.4 Å². The van der Waals surface area contributed by atoms with Gasteiger partial charge in [0.25, 0.3) is 0 Å². The van der Waals surface area contributed by atoms with E-state index in [2.05, 4.69) is 49.7 Å². The van der Waals surface area contributed by atoms with Gasteiger partial charge in [-0.3, -0.25) is 0 Å². The Morgan fingerprint density at radius 1 is 1.50 bits per heavy atom. The third kappa shape index (κ3) is 4.58. The van der Waals surface area contributed by atoms with E-state index in [1.165, 1.54) is 10.4 Å². The van der Waals surface area contributed by atoms with Gasteiger partial charge in [-0.15, -0.1) is 11.3 Å². The van der Waals surface area contributed by atoms with E-state index in [1.54, 1.807) is 11.3 Å². The summed E-state index contributed by atoms with van der Waals surface area (Å²) >= 11 is 1.81. The standard InChI is InChI=1S/C12H19NS/c1-10(2)13-7-5-4-6-12-8-11(3)14-9-12/h4,6,8-10,13H,5,7H2,1-3H3. The van der Waals surface area contributed by atoms with Crippen LogP contribution in [0.1, 0.15) is 30.7 Å². The second-order valence-corrected chi connectivity index (χ2v) is 4.91. The first-order chi connectivity index (χ1) is 6.68. The van der Waals surface area contributed by atoms with Crippen LogP contribution in [0.25, 0.3) is 6.08 Å². The van der Waals surface area contributed by atoms with E-state index < -0.39 is 0 Å². The molecule has 0 fully saturated rings. The second-order valence-electron chi connectivity index (χ2n) is 3.79. The Morgan fingerprint density at radius 2 is 2.29 bits per heavy atom. The summed E-state index contributed by atoms with van der Waals surface area (Å²) in [7, 11) is 0. The first-order valence-corrected chi connectivity index (χ1v) is 6.01. The normalized spacial score (nSPS) is 11.7. The van der Waals surface area contributed by atoms with Crippen LogP contribution in [0, 0.1) is 6.92 Å². The lowest BCUT2D eigenvalue weighted by atomic mass is 10.2. The molecule has 0 atom stereocenters. The number of thiophene rings is 1. The second kappa shape index (κ2) is 5.99. The molecule has 0 saturated heterocycles. The molecule has 0 aliphatic heterocycles. The van der Waals surface area contributed by atoms with E-state index in [1.807, 2.05) is 0 Å². The van der Waals surface area contributed by atoms with Crippen LogP contribution < -0.4 is 5.32 Å². The summed E-state index contributed by atoms with van der Waals surface area (Å²) in [6, 6.07) is 2.81. The van der Waals surface area contributed by atoms with Crippen LogP contribution in [-0.2, 0) is 0 Å². The Hall–Kier alpha value is -0.600. The van der Waals surface area contributed by atoms with Crippen molar-refractivity contribution in [2.45, 2.75) is 33.2 Å². The lowest BCUT2D eigenvalue weighted by molar-refractivity contribution is 0.595. The third-order valence-corrected chi connectivity index (χ3v) is 2.80. The molecule has 78 valence electrons. The van der Waals surface area contributed by atoms with Gasteiger partial charge in [-0.2, -0.15) is 0 Å². The van der Waals surface area contributed by atoms with Gasteiger partial charge in [-0.05, 0) is 36.9 Å². The minimum atomic E-state index is 0.590. The van der Waals surface area contributed by atoms with Gasteiger partial charge < -0.3 is 5.32 Å². The van der Waals surface area contributed by atoms with E-state index >= 15 is 0 Å². The molecule has 1 heterocycles. The minimum absolute atomic E-state index is 0.590. The van der Waals surface area contributed by atoms with Crippen molar-refractivity contribution in [2.24, 2.45) is 0 Å². The highest BCUT2D eigenvalue weighted by atomic mass is 32.1. The van der Waals surface area contributed by atoms with E-state index in [-0.39, 0.29) is 0 Å². The average molecular weight is 209 g/mol. The molecule has 2 heteroatoms. The Bertz CT molecular complexity index is 286. The van der Waals surface area contributed by atoms with Gasteiger partial charge in [0.05, 0.1) is 0 Å². The van der Waals surface area contributed by atoms with Crippen molar-refractivity contribution in [1.82, 2.24) is 5.32 Å². The van der Waals surface area contributed by atoms with Crippen LogP contribution >= 0.6 is 11.3 Å². The zero-order valence-corrected chi connectivity index (χ0v) is 10.0. The van der Waals surface area contributed by atoms with Crippen molar-refractivity contribution in [2.75, 3.05) is 6.54 Å². The molecule has 1 aromatic heterocycles. The summed E-state index contributed by atoms with van der Waals surface area (Å²) in [5, 5.41) is 5.58. The van der Waals surface area contributed by atoms with Crippen molar-refractivity contribution in [3.63, 3.8) is 0 Å². The molecule has 14 heavy (non-hydrogen) atoms. The van der Waals surface area contributed by atoms with Crippen LogP contribution in [0.5, 0.6) is 0 Å². The summed E-state index contributed by atoms with van der Waals surface area (Å²) in [5.74, 6) is 0. The zero-order chi connectivity index (χ0) is 10.4.